The fraction of sp³-hybridized carbons (Fsp3) is 0.400. The lowest BCUT2D eigenvalue weighted by Crippen LogP contribution is -2.36. The maximum absolute atomic E-state index is 12.4. The minimum absolute atomic E-state index is 0.170. The summed E-state index contributed by atoms with van der Waals surface area (Å²) in [5.74, 6) is -0.259. The van der Waals surface area contributed by atoms with Crippen molar-refractivity contribution in [3.05, 3.63) is 41.1 Å². The lowest BCUT2D eigenvalue weighted by atomic mass is 9.95. The fourth-order valence-electron chi connectivity index (χ4n) is 3.47. The molecule has 0 atom stereocenters. The molecule has 24 heavy (non-hydrogen) atoms. The van der Waals surface area contributed by atoms with Gasteiger partial charge in [-0.1, -0.05) is 44.4 Å². The SMILES string of the molecule is CCc1cccc2c(/C=C(\C#N)C(=O)NC3CCCCC3)c[nH]c12. The minimum Gasteiger partial charge on any atom is -0.360 e. The Bertz CT molecular complexity index is 804. The van der Waals surface area contributed by atoms with Crippen LogP contribution in [0.1, 0.15) is 50.2 Å². The number of para-hydroxylation sites is 1. The third-order valence-electron chi connectivity index (χ3n) is 4.82. The molecule has 0 saturated heterocycles. The molecule has 1 fully saturated rings. The van der Waals surface area contributed by atoms with Gasteiger partial charge in [0.25, 0.3) is 5.91 Å². The van der Waals surface area contributed by atoms with Gasteiger partial charge in [0.15, 0.2) is 0 Å². The minimum atomic E-state index is -0.259. The summed E-state index contributed by atoms with van der Waals surface area (Å²) in [4.78, 5) is 15.7. The molecule has 124 valence electrons. The van der Waals surface area contributed by atoms with E-state index in [2.05, 4.69) is 29.4 Å². The second-order valence-electron chi connectivity index (χ2n) is 6.42. The molecule has 1 saturated carbocycles. The van der Waals surface area contributed by atoms with E-state index in [-0.39, 0.29) is 17.5 Å². The molecule has 2 N–H and O–H groups in total. The van der Waals surface area contributed by atoms with Crippen LogP contribution in [0.25, 0.3) is 17.0 Å². The number of nitrogens with one attached hydrogen (secondary N) is 2. The van der Waals surface area contributed by atoms with Crippen molar-refractivity contribution >= 4 is 22.9 Å². The Morgan fingerprint density at radius 1 is 1.38 bits per heavy atom. The maximum Gasteiger partial charge on any atom is 0.262 e. The lowest BCUT2D eigenvalue weighted by molar-refractivity contribution is -0.117. The molecule has 1 heterocycles. The van der Waals surface area contributed by atoms with Crippen LogP contribution in [0.15, 0.2) is 30.0 Å². The Morgan fingerprint density at radius 3 is 2.88 bits per heavy atom. The first-order valence-electron chi connectivity index (χ1n) is 8.74. The number of aromatic amines is 1. The number of aromatic nitrogens is 1. The second kappa shape index (κ2) is 7.35. The van der Waals surface area contributed by atoms with Gasteiger partial charge in [-0.15, -0.1) is 0 Å². The summed E-state index contributed by atoms with van der Waals surface area (Å²) in [6.07, 6.45) is 10.1. The van der Waals surface area contributed by atoms with E-state index in [0.717, 1.165) is 48.6 Å². The summed E-state index contributed by atoms with van der Waals surface area (Å²) < 4.78 is 0. The first-order chi connectivity index (χ1) is 11.7. The fourth-order valence-corrected chi connectivity index (χ4v) is 3.47. The molecule has 0 spiro atoms. The molecule has 4 nitrogen and oxygen atoms in total. The summed E-state index contributed by atoms with van der Waals surface area (Å²) in [7, 11) is 0. The number of hydrogen-bond donors (Lipinski definition) is 2. The Hall–Kier alpha value is -2.54. The van der Waals surface area contributed by atoms with Gasteiger partial charge >= 0.3 is 0 Å². The molecule has 2 aromatic rings. The largest absolute Gasteiger partial charge is 0.360 e. The third-order valence-corrected chi connectivity index (χ3v) is 4.82. The van der Waals surface area contributed by atoms with Gasteiger partial charge in [-0.2, -0.15) is 5.26 Å². The number of amides is 1. The highest BCUT2D eigenvalue weighted by atomic mass is 16.1. The predicted octanol–water partition coefficient (Wildman–Crippen LogP) is 4.09. The zero-order valence-electron chi connectivity index (χ0n) is 14.1. The van der Waals surface area contributed by atoms with Crippen LogP contribution < -0.4 is 5.32 Å². The van der Waals surface area contributed by atoms with E-state index >= 15 is 0 Å². The number of H-pyrrole nitrogens is 1. The standard InChI is InChI=1S/C20H23N3O/c1-2-14-7-6-10-18-16(13-22-19(14)18)11-15(12-21)20(24)23-17-8-4-3-5-9-17/h6-7,10-11,13,17,22H,2-5,8-9H2,1H3,(H,23,24)/b15-11+. The zero-order chi connectivity index (χ0) is 16.9. The molecular weight excluding hydrogens is 298 g/mol. The number of aryl methyl sites for hydroxylation is 1. The van der Waals surface area contributed by atoms with Crippen molar-refractivity contribution in [3.63, 3.8) is 0 Å². The van der Waals surface area contributed by atoms with E-state index in [9.17, 15) is 10.1 Å². The molecule has 1 aromatic heterocycles. The first-order valence-corrected chi connectivity index (χ1v) is 8.74. The Balaban J connectivity index is 1.85. The summed E-state index contributed by atoms with van der Waals surface area (Å²) in [6.45, 7) is 2.11. The van der Waals surface area contributed by atoms with Crippen molar-refractivity contribution in [3.8, 4) is 6.07 Å². The van der Waals surface area contributed by atoms with E-state index in [1.54, 1.807) is 6.08 Å². The average molecular weight is 321 g/mol. The zero-order valence-corrected chi connectivity index (χ0v) is 14.1. The van der Waals surface area contributed by atoms with Crippen molar-refractivity contribution in [2.45, 2.75) is 51.5 Å². The number of nitrogens with zero attached hydrogens (tertiary/aromatic N) is 1. The highest BCUT2D eigenvalue weighted by Crippen LogP contribution is 2.24. The van der Waals surface area contributed by atoms with Crippen molar-refractivity contribution < 1.29 is 4.79 Å². The molecule has 1 aromatic carbocycles. The van der Waals surface area contributed by atoms with Crippen LogP contribution in [-0.2, 0) is 11.2 Å². The van der Waals surface area contributed by atoms with E-state index in [1.165, 1.54) is 12.0 Å². The summed E-state index contributed by atoms with van der Waals surface area (Å²) in [5.41, 5.74) is 3.37. The highest BCUT2D eigenvalue weighted by Gasteiger charge is 2.18. The number of carbonyl (C=O) groups excluding carboxylic acids is 1. The average Bonchev–Trinajstić information content (AvgIpc) is 3.03. The van der Waals surface area contributed by atoms with E-state index in [1.807, 2.05) is 18.3 Å². The maximum atomic E-state index is 12.4. The first kappa shape index (κ1) is 16.3. The van der Waals surface area contributed by atoms with E-state index < -0.39 is 0 Å². The van der Waals surface area contributed by atoms with Gasteiger partial charge in [0, 0.05) is 28.7 Å². The number of hydrogen-bond acceptors (Lipinski definition) is 2. The van der Waals surface area contributed by atoms with Crippen molar-refractivity contribution in [1.29, 1.82) is 5.26 Å². The quantitative estimate of drug-likeness (QED) is 0.658. The molecular formula is C20H23N3O. The smallest absolute Gasteiger partial charge is 0.262 e. The highest BCUT2D eigenvalue weighted by molar-refractivity contribution is 6.04. The number of benzene rings is 1. The Morgan fingerprint density at radius 2 is 2.17 bits per heavy atom. The van der Waals surface area contributed by atoms with E-state index in [0.29, 0.717) is 0 Å². The number of nitriles is 1. The second-order valence-corrected chi connectivity index (χ2v) is 6.42. The molecule has 1 aliphatic rings. The molecule has 3 rings (SSSR count). The Labute approximate surface area is 142 Å². The molecule has 0 aliphatic heterocycles. The van der Waals surface area contributed by atoms with Gasteiger partial charge in [-0.3, -0.25) is 4.79 Å². The van der Waals surface area contributed by atoms with Crippen molar-refractivity contribution in [2.24, 2.45) is 0 Å². The van der Waals surface area contributed by atoms with Crippen molar-refractivity contribution in [1.82, 2.24) is 10.3 Å². The third kappa shape index (κ3) is 3.35. The van der Waals surface area contributed by atoms with Crippen LogP contribution in [0.5, 0.6) is 0 Å². The molecule has 4 heteroatoms. The van der Waals surface area contributed by atoms with Crippen LogP contribution >= 0.6 is 0 Å². The molecule has 0 bridgehead atoms. The summed E-state index contributed by atoms with van der Waals surface area (Å²) in [5, 5.41) is 13.5. The Kier molecular flexibility index (Phi) is 5.00. The lowest BCUT2D eigenvalue weighted by Gasteiger charge is -2.22. The van der Waals surface area contributed by atoms with Gasteiger partial charge in [-0.05, 0) is 30.9 Å². The van der Waals surface area contributed by atoms with Gasteiger partial charge < -0.3 is 10.3 Å². The molecule has 1 aliphatic carbocycles. The monoisotopic (exact) mass is 321 g/mol. The number of rotatable bonds is 4. The van der Waals surface area contributed by atoms with Crippen LogP contribution in [-0.4, -0.2) is 16.9 Å². The van der Waals surface area contributed by atoms with Gasteiger partial charge in [0.2, 0.25) is 0 Å². The van der Waals surface area contributed by atoms with Gasteiger partial charge in [0.1, 0.15) is 11.6 Å². The predicted molar refractivity (Wildman–Crippen MR) is 96.3 cm³/mol. The van der Waals surface area contributed by atoms with Crippen molar-refractivity contribution in [2.75, 3.05) is 0 Å². The van der Waals surface area contributed by atoms with Gasteiger partial charge in [0.05, 0.1) is 0 Å². The molecule has 0 radical (unpaired) electrons. The van der Waals surface area contributed by atoms with Crippen LogP contribution in [0, 0.1) is 11.3 Å². The summed E-state index contributed by atoms with van der Waals surface area (Å²) >= 11 is 0. The normalized spacial score (nSPS) is 16.1. The van der Waals surface area contributed by atoms with E-state index in [4.69, 9.17) is 0 Å². The molecule has 0 unspecified atom stereocenters. The van der Waals surface area contributed by atoms with Crippen LogP contribution in [0.2, 0.25) is 0 Å². The van der Waals surface area contributed by atoms with Gasteiger partial charge in [-0.25, -0.2) is 0 Å². The summed E-state index contributed by atoms with van der Waals surface area (Å²) in [6, 6.07) is 8.39. The van der Waals surface area contributed by atoms with Crippen LogP contribution in [0.3, 0.4) is 0 Å². The number of fused-ring (bicyclic) bond motifs is 1. The number of carbonyl (C=O) groups is 1. The molecule has 1 amide bonds. The topological polar surface area (TPSA) is 68.7 Å². The van der Waals surface area contributed by atoms with Crippen LogP contribution in [0.4, 0.5) is 0 Å².